The van der Waals surface area contributed by atoms with Crippen molar-refractivity contribution < 1.29 is 14.1 Å². The maximum absolute atomic E-state index is 11.8. The molecule has 0 radical (unpaired) electrons. The minimum Gasteiger partial charge on any atom is -0.481 e. The second-order valence-corrected chi connectivity index (χ2v) is 5.64. The van der Waals surface area contributed by atoms with Crippen LogP contribution in [-0.4, -0.2) is 28.6 Å². The van der Waals surface area contributed by atoms with Gasteiger partial charge in [-0.05, 0) is 17.7 Å². The lowest BCUT2D eigenvalue weighted by Crippen LogP contribution is -2.01. The summed E-state index contributed by atoms with van der Waals surface area (Å²) in [6.07, 6.45) is 1.54. The summed E-state index contributed by atoms with van der Waals surface area (Å²) in [6.45, 7) is 0. The van der Waals surface area contributed by atoms with Crippen LogP contribution in [0.5, 0.6) is 0 Å². The maximum Gasteiger partial charge on any atom is 0.307 e. The Kier molecular flexibility index (Phi) is 3.47. The third kappa shape index (κ3) is 3.06. The fraction of sp³-hybridized carbons (Fsp3) is 0.300. The highest BCUT2D eigenvalue weighted by Crippen LogP contribution is 2.12. The number of carboxylic acids is 1. The molecule has 0 amide bonds. The minimum absolute atomic E-state index is 0.0194. The van der Waals surface area contributed by atoms with Crippen LogP contribution in [0.4, 0.5) is 0 Å². The van der Waals surface area contributed by atoms with Crippen LogP contribution in [0, 0.1) is 0 Å². The molecule has 82 valence electrons. The van der Waals surface area contributed by atoms with Gasteiger partial charge in [0.15, 0.2) is 0 Å². The summed E-state index contributed by atoms with van der Waals surface area (Å²) in [5.41, 5.74) is 0.692. The van der Waals surface area contributed by atoms with E-state index in [0.29, 0.717) is 10.5 Å². The van der Waals surface area contributed by atoms with Crippen molar-refractivity contribution in [3.8, 4) is 0 Å². The molecule has 0 aromatic heterocycles. The SMILES string of the molecule is CN=[S@@](C)(=O)c1ccc(CC(=O)O)cc1. The molecular formula is C10H13NO3S. The number of nitrogens with zero attached hydrogens (tertiary/aromatic N) is 1. The van der Waals surface area contributed by atoms with Gasteiger partial charge >= 0.3 is 5.97 Å². The number of hydrogen-bond donors (Lipinski definition) is 1. The Bertz CT molecular complexity index is 470. The van der Waals surface area contributed by atoms with E-state index in [9.17, 15) is 9.00 Å². The summed E-state index contributed by atoms with van der Waals surface area (Å²) in [6, 6.07) is 6.65. The monoisotopic (exact) mass is 227 g/mol. The number of hydrogen-bond acceptors (Lipinski definition) is 3. The van der Waals surface area contributed by atoms with Gasteiger partial charge in [0.1, 0.15) is 0 Å². The summed E-state index contributed by atoms with van der Waals surface area (Å²) in [5.74, 6) is -0.875. The molecule has 0 aliphatic heterocycles. The molecule has 0 unspecified atom stereocenters. The smallest absolute Gasteiger partial charge is 0.307 e. The molecule has 0 heterocycles. The summed E-state index contributed by atoms with van der Waals surface area (Å²) < 4.78 is 15.6. The summed E-state index contributed by atoms with van der Waals surface area (Å²) in [7, 11) is -0.808. The van der Waals surface area contributed by atoms with E-state index in [2.05, 4.69) is 4.36 Å². The van der Waals surface area contributed by atoms with Crippen molar-refractivity contribution in [3.63, 3.8) is 0 Å². The van der Waals surface area contributed by atoms with E-state index in [0.717, 1.165) is 0 Å². The zero-order chi connectivity index (χ0) is 11.5. The van der Waals surface area contributed by atoms with Crippen LogP contribution in [0.3, 0.4) is 0 Å². The average Bonchev–Trinajstić information content (AvgIpc) is 2.18. The molecule has 0 bridgehead atoms. The zero-order valence-corrected chi connectivity index (χ0v) is 9.45. The van der Waals surface area contributed by atoms with E-state index in [1.54, 1.807) is 30.5 Å². The highest BCUT2D eigenvalue weighted by molar-refractivity contribution is 7.93. The van der Waals surface area contributed by atoms with E-state index in [1.807, 2.05) is 0 Å². The topological polar surface area (TPSA) is 66.7 Å². The fourth-order valence-electron chi connectivity index (χ4n) is 1.14. The fourth-order valence-corrected chi connectivity index (χ4v) is 1.99. The molecular weight excluding hydrogens is 214 g/mol. The molecule has 0 saturated carbocycles. The Morgan fingerprint density at radius 1 is 1.40 bits per heavy atom. The average molecular weight is 227 g/mol. The van der Waals surface area contributed by atoms with Gasteiger partial charge in [-0.3, -0.25) is 4.79 Å². The quantitative estimate of drug-likeness (QED) is 0.848. The lowest BCUT2D eigenvalue weighted by atomic mass is 10.2. The van der Waals surface area contributed by atoms with Crippen LogP contribution in [0.15, 0.2) is 33.5 Å². The van der Waals surface area contributed by atoms with Gasteiger partial charge in [-0.1, -0.05) is 12.1 Å². The van der Waals surface area contributed by atoms with E-state index >= 15 is 0 Å². The molecule has 0 aliphatic rings. The van der Waals surface area contributed by atoms with Crippen molar-refractivity contribution >= 4 is 15.7 Å². The standard InChI is InChI=1S/C10H13NO3S/c1-11-15(2,14)9-5-3-8(4-6-9)7-10(12)13/h3-6H,7H2,1-2H3,(H,12,13)/t15-/m0/s1. The molecule has 0 aliphatic carbocycles. The van der Waals surface area contributed by atoms with E-state index in [-0.39, 0.29) is 6.42 Å². The van der Waals surface area contributed by atoms with E-state index in [1.165, 1.54) is 7.05 Å². The number of carbonyl (C=O) groups is 1. The predicted octanol–water partition coefficient (Wildman–Crippen LogP) is 1.40. The van der Waals surface area contributed by atoms with Gasteiger partial charge in [0.2, 0.25) is 0 Å². The molecule has 0 fully saturated rings. The van der Waals surface area contributed by atoms with Crippen molar-refractivity contribution in [2.45, 2.75) is 11.3 Å². The van der Waals surface area contributed by atoms with E-state index in [4.69, 9.17) is 5.11 Å². The lowest BCUT2D eigenvalue weighted by Gasteiger charge is -2.03. The molecule has 15 heavy (non-hydrogen) atoms. The van der Waals surface area contributed by atoms with Gasteiger partial charge in [-0.25, -0.2) is 8.57 Å². The number of aliphatic carboxylic acids is 1. The second-order valence-electron chi connectivity index (χ2n) is 3.20. The number of carboxylic acid groups (broad SMARTS) is 1. The Balaban J connectivity index is 3.01. The van der Waals surface area contributed by atoms with Gasteiger partial charge < -0.3 is 5.11 Å². The van der Waals surface area contributed by atoms with Crippen molar-refractivity contribution in [3.05, 3.63) is 29.8 Å². The van der Waals surface area contributed by atoms with Crippen LogP contribution in [0.2, 0.25) is 0 Å². The predicted molar refractivity (Wildman–Crippen MR) is 58.5 cm³/mol. The summed E-state index contributed by atoms with van der Waals surface area (Å²) >= 11 is 0. The number of rotatable bonds is 3. The van der Waals surface area contributed by atoms with Crippen molar-refractivity contribution in [2.75, 3.05) is 13.3 Å². The Labute approximate surface area is 89.1 Å². The summed E-state index contributed by atoms with van der Waals surface area (Å²) in [4.78, 5) is 11.1. The molecule has 1 aromatic rings. The first-order valence-electron chi connectivity index (χ1n) is 4.37. The molecule has 1 aromatic carbocycles. The van der Waals surface area contributed by atoms with Gasteiger partial charge in [0.25, 0.3) is 0 Å². The molecule has 1 atom stereocenters. The first kappa shape index (κ1) is 11.7. The second kappa shape index (κ2) is 4.44. The highest BCUT2D eigenvalue weighted by Gasteiger charge is 2.05. The van der Waals surface area contributed by atoms with Gasteiger partial charge in [-0.15, -0.1) is 0 Å². The largest absolute Gasteiger partial charge is 0.481 e. The molecule has 5 heteroatoms. The first-order chi connectivity index (χ1) is 6.95. The molecule has 1 rings (SSSR count). The Morgan fingerprint density at radius 3 is 2.33 bits per heavy atom. The van der Waals surface area contributed by atoms with Crippen molar-refractivity contribution in [1.82, 2.24) is 0 Å². The van der Waals surface area contributed by atoms with Crippen molar-refractivity contribution in [1.29, 1.82) is 0 Å². The highest BCUT2D eigenvalue weighted by atomic mass is 32.2. The van der Waals surface area contributed by atoms with Crippen molar-refractivity contribution in [2.24, 2.45) is 4.36 Å². The third-order valence-corrected chi connectivity index (χ3v) is 3.91. The number of benzene rings is 1. The third-order valence-electron chi connectivity index (χ3n) is 2.06. The van der Waals surface area contributed by atoms with Crippen LogP contribution < -0.4 is 0 Å². The molecule has 1 N–H and O–H groups in total. The molecule has 0 saturated heterocycles. The maximum atomic E-state index is 11.8. The van der Waals surface area contributed by atoms with Crippen LogP contribution in [-0.2, 0) is 20.9 Å². The van der Waals surface area contributed by atoms with Gasteiger partial charge in [-0.2, -0.15) is 0 Å². The minimum atomic E-state index is -2.32. The zero-order valence-electron chi connectivity index (χ0n) is 8.64. The Hall–Kier alpha value is -1.36. The van der Waals surface area contributed by atoms with Crippen LogP contribution in [0.25, 0.3) is 0 Å². The van der Waals surface area contributed by atoms with Gasteiger partial charge in [0, 0.05) is 18.2 Å². The van der Waals surface area contributed by atoms with Crippen LogP contribution >= 0.6 is 0 Å². The normalized spacial score (nSPS) is 14.3. The molecule has 0 spiro atoms. The van der Waals surface area contributed by atoms with Crippen LogP contribution in [0.1, 0.15) is 5.56 Å². The first-order valence-corrected chi connectivity index (χ1v) is 6.29. The lowest BCUT2D eigenvalue weighted by molar-refractivity contribution is -0.136. The van der Waals surface area contributed by atoms with Gasteiger partial charge in [0.05, 0.1) is 16.1 Å². The van der Waals surface area contributed by atoms with E-state index < -0.39 is 15.7 Å². The Morgan fingerprint density at radius 2 is 1.93 bits per heavy atom. The molecule has 4 nitrogen and oxygen atoms in total. The summed E-state index contributed by atoms with van der Waals surface area (Å²) in [5, 5.41) is 8.57.